The van der Waals surface area contributed by atoms with Gasteiger partial charge in [0, 0.05) is 25.7 Å². The summed E-state index contributed by atoms with van der Waals surface area (Å²) >= 11 is 0. The van der Waals surface area contributed by atoms with Crippen LogP contribution in [0.1, 0.15) is 6.42 Å². The van der Waals surface area contributed by atoms with Gasteiger partial charge in [-0.05, 0) is 6.42 Å². The van der Waals surface area contributed by atoms with Crippen molar-refractivity contribution in [3.8, 4) is 0 Å². The number of nitrogens with zero attached hydrogens (tertiary/aromatic N) is 1. The Kier molecular flexibility index (Phi) is 3.92. The van der Waals surface area contributed by atoms with Crippen molar-refractivity contribution in [2.75, 3.05) is 26.2 Å². The second-order valence-corrected chi connectivity index (χ2v) is 3.38. The molecule has 0 aromatic rings. The Hall–Kier alpha value is -0.870. The van der Waals surface area contributed by atoms with Gasteiger partial charge in [0.1, 0.15) is 0 Å². The van der Waals surface area contributed by atoms with Crippen molar-refractivity contribution in [1.29, 1.82) is 0 Å². The topological polar surface area (TPSA) is 58.4 Å². The van der Waals surface area contributed by atoms with Crippen LogP contribution in [0.4, 0.5) is 0 Å². The number of hydrogen-bond donors (Lipinski definition) is 2. The molecular formula is C9H17N3O. The zero-order valence-corrected chi connectivity index (χ0v) is 7.83. The normalized spacial score (nSPS) is 23.0. The molecule has 1 saturated heterocycles. The number of carbonyl (C=O) groups is 1. The van der Waals surface area contributed by atoms with Gasteiger partial charge >= 0.3 is 0 Å². The Morgan fingerprint density at radius 3 is 3.08 bits per heavy atom. The van der Waals surface area contributed by atoms with E-state index in [0.717, 1.165) is 19.5 Å². The lowest BCUT2D eigenvalue weighted by Crippen LogP contribution is -2.37. The van der Waals surface area contributed by atoms with Crippen molar-refractivity contribution in [1.82, 2.24) is 10.2 Å². The summed E-state index contributed by atoms with van der Waals surface area (Å²) in [4.78, 5) is 13.3. The van der Waals surface area contributed by atoms with Crippen LogP contribution in [0.2, 0.25) is 0 Å². The van der Waals surface area contributed by atoms with Crippen LogP contribution in [0.5, 0.6) is 0 Å². The molecule has 0 aromatic heterocycles. The van der Waals surface area contributed by atoms with E-state index in [0.29, 0.717) is 13.1 Å². The first-order valence-electron chi connectivity index (χ1n) is 4.58. The molecule has 4 nitrogen and oxygen atoms in total. The molecule has 0 unspecified atom stereocenters. The maximum Gasteiger partial charge on any atom is 0.234 e. The minimum atomic E-state index is 0.0500. The number of hydrogen-bond acceptors (Lipinski definition) is 3. The molecule has 74 valence electrons. The van der Waals surface area contributed by atoms with Crippen LogP contribution in [-0.4, -0.2) is 43.0 Å². The van der Waals surface area contributed by atoms with Crippen LogP contribution < -0.4 is 11.1 Å². The molecule has 1 fully saturated rings. The molecule has 1 rings (SSSR count). The van der Waals surface area contributed by atoms with Crippen LogP contribution in [0.25, 0.3) is 0 Å². The number of carbonyl (C=O) groups excluding carboxylic acids is 1. The summed E-state index contributed by atoms with van der Waals surface area (Å²) in [5.41, 5.74) is 5.71. The lowest BCUT2D eigenvalue weighted by molar-refractivity contribution is -0.121. The van der Waals surface area contributed by atoms with Gasteiger partial charge in [-0.25, -0.2) is 0 Å². The standard InChI is InChI=1S/C9H17N3O/c1-2-4-11-9(13)7-12-5-3-8(10)6-12/h2,8H,1,3-7,10H2,(H,11,13)/t8-/m0/s1. The summed E-state index contributed by atoms with van der Waals surface area (Å²) < 4.78 is 0. The molecule has 0 bridgehead atoms. The highest BCUT2D eigenvalue weighted by Gasteiger charge is 2.20. The van der Waals surface area contributed by atoms with E-state index < -0.39 is 0 Å². The zero-order valence-electron chi connectivity index (χ0n) is 7.83. The number of nitrogens with two attached hydrogens (primary N) is 1. The molecule has 1 amide bonds. The fourth-order valence-electron chi connectivity index (χ4n) is 1.45. The quantitative estimate of drug-likeness (QED) is 0.568. The van der Waals surface area contributed by atoms with E-state index in [4.69, 9.17) is 5.73 Å². The summed E-state index contributed by atoms with van der Waals surface area (Å²) in [7, 11) is 0. The number of nitrogens with one attached hydrogen (secondary N) is 1. The first-order chi connectivity index (χ1) is 6.22. The summed E-state index contributed by atoms with van der Waals surface area (Å²) in [6, 6.07) is 0.243. The van der Waals surface area contributed by atoms with Gasteiger partial charge in [-0.1, -0.05) is 6.08 Å². The van der Waals surface area contributed by atoms with Gasteiger partial charge in [0.25, 0.3) is 0 Å². The fourth-order valence-corrected chi connectivity index (χ4v) is 1.45. The van der Waals surface area contributed by atoms with Crippen LogP contribution >= 0.6 is 0 Å². The molecule has 4 heteroatoms. The van der Waals surface area contributed by atoms with Crippen LogP contribution in [0.15, 0.2) is 12.7 Å². The molecule has 13 heavy (non-hydrogen) atoms. The lowest BCUT2D eigenvalue weighted by atomic mass is 10.3. The van der Waals surface area contributed by atoms with E-state index >= 15 is 0 Å². The Morgan fingerprint density at radius 1 is 1.77 bits per heavy atom. The van der Waals surface area contributed by atoms with Gasteiger partial charge in [0.05, 0.1) is 6.54 Å². The van der Waals surface area contributed by atoms with Crippen molar-refractivity contribution in [2.24, 2.45) is 5.73 Å². The molecule has 0 saturated carbocycles. The van der Waals surface area contributed by atoms with Crippen molar-refractivity contribution < 1.29 is 4.79 Å². The molecule has 1 heterocycles. The second kappa shape index (κ2) is 4.99. The van der Waals surface area contributed by atoms with E-state index in [1.165, 1.54) is 0 Å². The third-order valence-electron chi connectivity index (χ3n) is 2.12. The fraction of sp³-hybridized carbons (Fsp3) is 0.667. The summed E-state index contributed by atoms with van der Waals surface area (Å²) in [6.45, 7) is 6.30. The summed E-state index contributed by atoms with van der Waals surface area (Å²) in [6.07, 6.45) is 2.67. The van der Waals surface area contributed by atoms with Gasteiger partial charge in [-0.15, -0.1) is 6.58 Å². The smallest absolute Gasteiger partial charge is 0.234 e. The molecule has 0 radical (unpaired) electrons. The van der Waals surface area contributed by atoms with E-state index in [1.807, 2.05) is 0 Å². The van der Waals surface area contributed by atoms with Gasteiger partial charge in [-0.3, -0.25) is 9.69 Å². The predicted molar refractivity (Wildman–Crippen MR) is 52.2 cm³/mol. The molecule has 0 aromatic carbocycles. The first-order valence-corrected chi connectivity index (χ1v) is 4.58. The van der Waals surface area contributed by atoms with Crippen LogP contribution in [0.3, 0.4) is 0 Å². The van der Waals surface area contributed by atoms with Gasteiger partial charge in [0.2, 0.25) is 5.91 Å². The van der Waals surface area contributed by atoms with Crippen molar-refractivity contribution in [3.63, 3.8) is 0 Å². The Morgan fingerprint density at radius 2 is 2.54 bits per heavy atom. The van der Waals surface area contributed by atoms with Gasteiger partial charge in [-0.2, -0.15) is 0 Å². The minimum absolute atomic E-state index is 0.0500. The Balaban J connectivity index is 2.16. The molecule has 1 aliphatic rings. The Bertz CT molecular complexity index is 193. The highest BCUT2D eigenvalue weighted by atomic mass is 16.2. The van der Waals surface area contributed by atoms with Crippen molar-refractivity contribution in [3.05, 3.63) is 12.7 Å². The van der Waals surface area contributed by atoms with Crippen molar-refractivity contribution in [2.45, 2.75) is 12.5 Å². The average Bonchev–Trinajstić information content (AvgIpc) is 2.48. The van der Waals surface area contributed by atoms with E-state index in [-0.39, 0.29) is 11.9 Å². The number of rotatable bonds is 4. The predicted octanol–water partition coefficient (Wildman–Crippen LogP) is -0.678. The highest BCUT2D eigenvalue weighted by Crippen LogP contribution is 2.05. The zero-order chi connectivity index (χ0) is 9.68. The number of likely N-dealkylation sites (tertiary alicyclic amines) is 1. The van der Waals surface area contributed by atoms with E-state index in [2.05, 4.69) is 16.8 Å². The van der Waals surface area contributed by atoms with Gasteiger partial charge < -0.3 is 11.1 Å². The maximum atomic E-state index is 11.2. The summed E-state index contributed by atoms with van der Waals surface area (Å²) in [5.74, 6) is 0.0500. The molecular weight excluding hydrogens is 166 g/mol. The Labute approximate surface area is 78.8 Å². The average molecular weight is 183 g/mol. The lowest BCUT2D eigenvalue weighted by Gasteiger charge is -2.13. The van der Waals surface area contributed by atoms with E-state index in [1.54, 1.807) is 6.08 Å². The highest BCUT2D eigenvalue weighted by molar-refractivity contribution is 5.78. The molecule has 1 aliphatic heterocycles. The maximum absolute atomic E-state index is 11.2. The minimum Gasteiger partial charge on any atom is -0.352 e. The monoisotopic (exact) mass is 183 g/mol. The SMILES string of the molecule is C=CCNC(=O)CN1CC[C@H](N)C1. The number of amides is 1. The summed E-state index contributed by atoms with van der Waals surface area (Å²) in [5, 5.41) is 2.73. The second-order valence-electron chi connectivity index (χ2n) is 3.38. The molecule has 0 aliphatic carbocycles. The van der Waals surface area contributed by atoms with Crippen LogP contribution in [-0.2, 0) is 4.79 Å². The molecule has 3 N–H and O–H groups in total. The van der Waals surface area contributed by atoms with Crippen molar-refractivity contribution >= 4 is 5.91 Å². The molecule has 0 spiro atoms. The largest absolute Gasteiger partial charge is 0.352 e. The third kappa shape index (κ3) is 3.57. The van der Waals surface area contributed by atoms with E-state index in [9.17, 15) is 4.79 Å². The molecule has 1 atom stereocenters. The third-order valence-corrected chi connectivity index (χ3v) is 2.12. The van der Waals surface area contributed by atoms with Gasteiger partial charge in [0.15, 0.2) is 0 Å². The first kappa shape index (κ1) is 10.2. The van der Waals surface area contributed by atoms with Crippen LogP contribution in [0, 0.1) is 0 Å².